The van der Waals surface area contributed by atoms with E-state index in [2.05, 4.69) is 16.0 Å². The largest absolute Gasteiger partial charge is 0.462 e. The lowest BCUT2D eigenvalue weighted by Gasteiger charge is -2.28. The maximum Gasteiger partial charge on any atom is 0.340 e. The highest BCUT2D eigenvalue weighted by Gasteiger charge is 2.24. The first-order valence-electron chi connectivity index (χ1n) is 7.74. The maximum absolute atomic E-state index is 12.1. The summed E-state index contributed by atoms with van der Waals surface area (Å²) in [5.74, 6) is -0.535. The van der Waals surface area contributed by atoms with E-state index in [0.29, 0.717) is 11.3 Å². The summed E-state index contributed by atoms with van der Waals surface area (Å²) in [6.45, 7) is 3.91. The van der Waals surface area contributed by atoms with Crippen molar-refractivity contribution >= 4 is 35.4 Å². The molecule has 0 bridgehead atoms. The zero-order valence-electron chi connectivity index (χ0n) is 13.6. The normalized spacial score (nSPS) is 19.8. The van der Waals surface area contributed by atoms with Crippen molar-refractivity contribution in [1.29, 1.82) is 0 Å². The van der Waals surface area contributed by atoms with Crippen LogP contribution in [0.1, 0.15) is 30.6 Å². The molecule has 7 nitrogen and oxygen atoms in total. The minimum Gasteiger partial charge on any atom is -0.462 e. The highest BCUT2D eigenvalue weighted by atomic mass is 32.2. The fraction of sp³-hybridized carbons (Fsp3) is 0.438. The third kappa shape index (κ3) is 5.16. The van der Waals surface area contributed by atoms with Crippen molar-refractivity contribution < 1.29 is 19.1 Å². The number of thioether (sulfide) groups is 1. The van der Waals surface area contributed by atoms with Crippen molar-refractivity contribution in [2.24, 2.45) is 0 Å². The molecule has 8 heteroatoms. The van der Waals surface area contributed by atoms with E-state index < -0.39 is 5.97 Å². The first-order valence-corrected chi connectivity index (χ1v) is 8.79. The second kappa shape index (κ2) is 8.58. The Labute approximate surface area is 144 Å². The Morgan fingerprint density at radius 3 is 2.79 bits per heavy atom. The molecule has 0 aromatic heterocycles. The van der Waals surface area contributed by atoms with Gasteiger partial charge in [-0.25, -0.2) is 9.59 Å². The van der Waals surface area contributed by atoms with Gasteiger partial charge >= 0.3 is 12.0 Å². The molecule has 3 amide bonds. The summed E-state index contributed by atoms with van der Waals surface area (Å²) in [5, 5.41) is 8.14. The quantitative estimate of drug-likeness (QED) is 0.681. The van der Waals surface area contributed by atoms with Crippen molar-refractivity contribution in [2.45, 2.75) is 31.7 Å². The van der Waals surface area contributed by atoms with Crippen molar-refractivity contribution in [3.05, 3.63) is 29.8 Å². The Bertz CT molecular complexity index is 623. The summed E-state index contributed by atoms with van der Waals surface area (Å²) < 4.78 is 4.98. The number of hydrogen-bond donors (Lipinski definition) is 3. The van der Waals surface area contributed by atoms with Crippen LogP contribution in [0.15, 0.2) is 24.3 Å². The van der Waals surface area contributed by atoms with Gasteiger partial charge in [0, 0.05) is 6.04 Å². The van der Waals surface area contributed by atoms with Gasteiger partial charge in [0.1, 0.15) is 0 Å². The summed E-state index contributed by atoms with van der Waals surface area (Å²) in [6, 6.07) is 6.56. The number of carbonyl (C=O) groups is 3. The van der Waals surface area contributed by atoms with Crippen molar-refractivity contribution in [1.82, 2.24) is 10.6 Å². The molecule has 1 aliphatic heterocycles. The monoisotopic (exact) mass is 351 g/mol. The van der Waals surface area contributed by atoms with E-state index in [1.54, 1.807) is 31.2 Å². The first kappa shape index (κ1) is 18.1. The number of nitrogens with one attached hydrogen (secondary N) is 3. The minimum absolute atomic E-state index is 0.0730. The van der Waals surface area contributed by atoms with Crippen LogP contribution >= 0.6 is 11.8 Å². The van der Waals surface area contributed by atoms with Gasteiger partial charge in [-0.15, -0.1) is 11.8 Å². The van der Waals surface area contributed by atoms with Gasteiger partial charge < -0.3 is 20.7 Å². The number of urea groups is 1. The predicted octanol–water partition coefficient (Wildman–Crippen LogP) is 1.95. The third-order valence-electron chi connectivity index (χ3n) is 3.35. The lowest BCUT2D eigenvalue weighted by atomic mass is 10.2. The number of hydrogen-bond acceptors (Lipinski definition) is 5. The molecule has 3 N–H and O–H groups in total. The number of amides is 3. The van der Waals surface area contributed by atoms with E-state index in [9.17, 15) is 14.4 Å². The van der Waals surface area contributed by atoms with Crippen LogP contribution in [0.4, 0.5) is 10.5 Å². The first-order chi connectivity index (χ1) is 11.5. The molecule has 0 aliphatic carbocycles. The van der Waals surface area contributed by atoms with Crippen LogP contribution < -0.4 is 16.0 Å². The molecule has 1 heterocycles. The molecule has 0 radical (unpaired) electrons. The van der Waals surface area contributed by atoms with Crippen LogP contribution in [-0.4, -0.2) is 41.7 Å². The van der Waals surface area contributed by atoms with Crippen molar-refractivity contribution in [3.63, 3.8) is 0 Å². The Morgan fingerprint density at radius 2 is 2.08 bits per heavy atom. The second-order valence-corrected chi connectivity index (χ2v) is 6.56. The topological polar surface area (TPSA) is 96.5 Å². The van der Waals surface area contributed by atoms with E-state index in [1.807, 2.05) is 6.92 Å². The Kier molecular flexibility index (Phi) is 6.48. The summed E-state index contributed by atoms with van der Waals surface area (Å²) >= 11 is 1.36. The number of benzene rings is 1. The smallest absolute Gasteiger partial charge is 0.340 e. The minimum atomic E-state index is -0.472. The Morgan fingerprint density at radius 1 is 1.33 bits per heavy atom. The van der Waals surface area contributed by atoms with E-state index in [1.165, 1.54) is 11.8 Å². The number of ether oxygens (including phenoxy) is 1. The lowest BCUT2D eigenvalue weighted by Crippen LogP contribution is -2.52. The predicted molar refractivity (Wildman–Crippen MR) is 93.0 cm³/mol. The number of rotatable bonds is 6. The fourth-order valence-electron chi connectivity index (χ4n) is 2.30. The molecule has 1 aliphatic rings. The maximum atomic E-state index is 12.1. The molecule has 1 saturated heterocycles. The standard InChI is InChI=1S/C16H21N3O4S/c1-3-23-15(21)11-6-4-5-7-12(11)18-13(20)9-24-14-8-10(2)17-16(22)19-14/h4-7,10,14H,3,8-9H2,1-2H3,(H,18,20)(H2,17,19,22). The van der Waals surface area contributed by atoms with Crippen LogP contribution in [-0.2, 0) is 9.53 Å². The highest BCUT2D eigenvalue weighted by molar-refractivity contribution is 8.00. The molecular weight excluding hydrogens is 330 g/mol. The third-order valence-corrected chi connectivity index (χ3v) is 4.49. The molecular formula is C16H21N3O4S. The number of para-hydroxylation sites is 1. The fourth-order valence-corrected chi connectivity index (χ4v) is 3.34. The molecule has 1 aromatic carbocycles. The number of anilines is 1. The summed E-state index contributed by atoms with van der Waals surface area (Å²) in [5.41, 5.74) is 0.741. The van der Waals surface area contributed by atoms with Gasteiger partial charge in [0.15, 0.2) is 0 Å². The molecule has 2 rings (SSSR count). The van der Waals surface area contributed by atoms with Crippen LogP contribution in [0.5, 0.6) is 0 Å². The summed E-state index contributed by atoms with van der Waals surface area (Å²) in [7, 11) is 0. The van der Waals surface area contributed by atoms with Gasteiger partial charge in [-0.05, 0) is 32.4 Å². The molecule has 130 valence electrons. The van der Waals surface area contributed by atoms with Crippen molar-refractivity contribution in [3.8, 4) is 0 Å². The van der Waals surface area contributed by atoms with Gasteiger partial charge in [-0.3, -0.25) is 4.79 Å². The van der Waals surface area contributed by atoms with Gasteiger partial charge in [-0.1, -0.05) is 12.1 Å². The van der Waals surface area contributed by atoms with Crippen LogP contribution in [0.25, 0.3) is 0 Å². The highest BCUT2D eigenvalue weighted by Crippen LogP contribution is 2.19. The molecule has 2 unspecified atom stereocenters. The van der Waals surface area contributed by atoms with Crippen molar-refractivity contribution in [2.75, 3.05) is 17.7 Å². The molecule has 24 heavy (non-hydrogen) atoms. The number of carbonyl (C=O) groups excluding carboxylic acids is 3. The van der Waals surface area contributed by atoms with Crippen LogP contribution in [0.2, 0.25) is 0 Å². The molecule has 0 saturated carbocycles. The van der Waals surface area contributed by atoms with Gasteiger partial charge in [0.25, 0.3) is 0 Å². The summed E-state index contributed by atoms with van der Waals surface area (Å²) in [4.78, 5) is 35.4. The Hall–Kier alpha value is -2.22. The zero-order valence-corrected chi connectivity index (χ0v) is 14.4. The number of esters is 1. The Balaban J connectivity index is 1.91. The molecule has 1 fully saturated rings. The molecule has 1 aromatic rings. The van der Waals surface area contributed by atoms with E-state index in [4.69, 9.17) is 4.74 Å². The average molecular weight is 351 g/mol. The molecule has 2 atom stereocenters. The summed E-state index contributed by atoms with van der Waals surface area (Å²) in [6.07, 6.45) is 0.739. The SMILES string of the molecule is CCOC(=O)c1ccccc1NC(=O)CSC1CC(C)NC(=O)N1. The van der Waals surface area contributed by atoms with Gasteiger partial charge in [0.2, 0.25) is 5.91 Å². The van der Waals surface area contributed by atoms with Gasteiger partial charge in [-0.2, -0.15) is 0 Å². The van der Waals surface area contributed by atoms with E-state index in [0.717, 1.165) is 6.42 Å². The zero-order chi connectivity index (χ0) is 17.5. The van der Waals surface area contributed by atoms with E-state index >= 15 is 0 Å². The average Bonchev–Trinajstić information content (AvgIpc) is 2.53. The van der Waals surface area contributed by atoms with E-state index in [-0.39, 0.29) is 35.7 Å². The van der Waals surface area contributed by atoms with Crippen LogP contribution in [0, 0.1) is 0 Å². The lowest BCUT2D eigenvalue weighted by molar-refractivity contribution is -0.113. The molecule has 0 spiro atoms. The second-order valence-electron chi connectivity index (χ2n) is 5.37. The van der Waals surface area contributed by atoms with Crippen LogP contribution in [0.3, 0.4) is 0 Å². The van der Waals surface area contributed by atoms with Gasteiger partial charge in [0.05, 0.1) is 29.0 Å².